The van der Waals surface area contributed by atoms with E-state index >= 15 is 0 Å². The number of rotatable bonds is 4. The first kappa shape index (κ1) is 16.5. The Labute approximate surface area is 138 Å². The lowest BCUT2D eigenvalue weighted by Gasteiger charge is -2.35. The molecule has 1 atom stereocenters. The van der Waals surface area contributed by atoms with E-state index in [0.29, 0.717) is 6.04 Å². The smallest absolute Gasteiger partial charge is 0.242 e. The van der Waals surface area contributed by atoms with Gasteiger partial charge in [0.15, 0.2) is 0 Å². The first-order valence-corrected chi connectivity index (χ1v) is 8.91. The summed E-state index contributed by atoms with van der Waals surface area (Å²) in [4.78, 5) is 15.3. The lowest BCUT2D eigenvalue weighted by atomic mass is 10.0. The van der Waals surface area contributed by atoms with Gasteiger partial charge >= 0.3 is 0 Å². The van der Waals surface area contributed by atoms with E-state index in [1.54, 1.807) is 4.68 Å². The van der Waals surface area contributed by atoms with Crippen LogP contribution in [0.2, 0.25) is 0 Å². The van der Waals surface area contributed by atoms with Gasteiger partial charge in [-0.15, -0.1) is 0 Å². The highest BCUT2D eigenvalue weighted by Gasteiger charge is 2.36. The molecule has 3 rings (SSSR count). The van der Waals surface area contributed by atoms with Crippen LogP contribution in [0.25, 0.3) is 0 Å². The zero-order valence-electron chi connectivity index (χ0n) is 14.6. The Hall–Kier alpha value is -1.40. The highest BCUT2D eigenvalue weighted by Crippen LogP contribution is 2.26. The summed E-state index contributed by atoms with van der Waals surface area (Å²) in [6.45, 7) is 7.29. The number of hydrogen-bond donors (Lipinski definition) is 2. The minimum atomic E-state index is 0.0120. The van der Waals surface area contributed by atoms with Crippen molar-refractivity contribution in [1.82, 2.24) is 20.0 Å². The van der Waals surface area contributed by atoms with Crippen LogP contribution in [-0.2, 0) is 18.3 Å². The highest BCUT2D eigenvalue weighted by molar-refractivity contribution is 5.95. The number of nitrogens with one attached hydrogen (secondary N) is 2. The van der Waals surface area contributed by atoms with Crippen LogP contribution < -0.4 is 10.6 Å². The number of amides is 1. The predicted octanol–water partition coefficient (Wildman–Crippen LogP) is 1.45. The number of likely N-dealkylation sites (tertiary alicyclic amines) is 1. The fraction of sp³-hybridized carbons (Fsp3) is 0.765. The molecule has 2 fully saturated rings. The number of piperidine rings is 1. The van der Waals surface area contributed by atoms with Gasteiger partial charge in [0.05, 0.1) is 11.7 Å². The Morgan fingerprint density at radius 1 is 1.35 bits per heavy atom. The number of carbonyl (C=O) groups excluding carboxylic acids is 1. The van der Waals surface area contributed by atoms with Gasteiger partial charge in [-0.3, -0.25) is 14.4 Å². The van der Waals surface area contributed by atoms with Gasteiger partial charge in [-0.2, -0.15) is 5.10 Å². The van der Waals surface area contributed by atoms with E-state index in [0.717, 1.165) is 68.8 Å². The molecular weight excluding hydrogens is 290 g/mol. The first-order valence-electron chi connectivity index (χ1n) is 8.91. The molecule has 2 N–H and O–H groups in total. The molecule has 3 heterocycles. The number of aryl methyl sites for hydroxylation is 2. The molecule has 0 saturated carbocycles. The second kappa shape index (κ2) is 7.01. The van der Waals surface area contributed by atoms with Crippen LogP contribution in [0.3, 0.4) is 0 Å². The molecule has 0 unspecified atom stereocenters. The first-order chi connectivity index (χ1) is 11.1. The van der Waals surface area contributed by atoms with Gasteiger partial charge in [0.2, 0.25) is 5.91 Å². The molecule has 0 radical (unpaired) electrons. The van der Waals surface area contributed by atoms with Crippen LogP contribution in [0.1, 0.15) is 43.9 Å². The molecule has 1 aromatic rings. The van der Waals surface area contributed by atoms with Crippen LogP contribution in [0.15, 0.2) is 0 Å². The molecule has 6 heteroatoms. The molecular formula is C17H29N5O. The molecule has 2 saturated heterocycles. The van der Waals surface area contributed by atoms with Crippen molar-refractivity contribution in [2.75, 3.05) is 25.0 Å². The second-order valence-electron chi connectivity index (χ2n) is 6.76. The van der Waals surface area contributed by atoms with E-state index in [4.69, 9.17) is 0 Å². The fourth-order valence-electron chi connectivity index (χ4n) is 4.13. The molecule has 0 aliphatic carbocycles. The maximum atomic E-state index is 12.9. The maximum absolute atomic E-state index is 12.9. The lowest BCUT2D eigenvalue weighted by Crippen LogP contribution is -2.49. The number of hydrogen-bond acceptors (Lipinski definition) is 4. The molecule has 1 amide bonds. The predicted molar refractivity (Wildman–Crippen MR) is 91.6 cm³/mol. The van der Waals surface area contributed by atoms with Gasteiger partial charge in [0.25, 0.3) is 0 Å². The van der Waals surface area contributed by atoms with Gasteiger partial charge < -0.3 is 10.6 Å². The zero-order chi connectivity index (χ0) is 16.4. The fourth-order valence-corrected chi connectivity index (χ4v) is 4.13. The third-order valence-electron chi connectivity index (χ3n) is 5.32. The summed E-state index contributed by atoms with van der Waals surface area (Å²) in [5.74, 6) is 1.01. The summed E-state index contributed by atoms with van der Waals surface area (Å²) in [6.07, 6.45) is 5.27. The van der Waals surface area contributed by atoms with Crippen molar-refractivity contribution in [3.05, 3.63) is 11.3 Å². The summed E-state index contributed by atoms with van der Waals surface area (Å²) < 4.78 is 1.80. The maximum Gasteiger partial charge on any atom is 0.242 e. The average molecular weight is 319 g/mol. The van der Waals surface area contributed by atoms with Crippen molar-refractivity contribution in [3.8, 4) is 0 Å². The normalized spacial score (nSPS) is 23.3. The monoisotopic (exact) mass is 319 g/mol. The van der Waals surface area contributed by atoms with E-state index in [1.165, 1.54) is 0 Å². The minimum absolute atomic E-state index is 0.0120. The Bertz CT molecular complexity index is 562. The van der Waals surface area contributed by atoms with Gasteiger partial charge in [-0.05, 0) is 58.7 Å². The summed E-state index contributed by atoms with van der Waals surface area (Å²) >= 11 is 0. The third kappa shape index (κ3) is 3.28. The summed E-state index contributed by atoms with van der Waals surface area (Å²) in [5, 5.41) is 11.0. The van der Waals surface area contributed by atoms with Crippen LogP contribution in [0, 0.1) is 6.92 Å². The molecule has 0 bridgehead atoms. The Morgan fingerprint density at radius 2 is 2.09 bits per heavy atom. The minimum Gasteiger partial charge on any atom is -0.317 e. The number of anilines is 1. The van der Waals surface area contributed by atoms with Gasteiger partial charge in [-0.25, -0.2) is 0 Å². The summed E-state index contributed by atoms with van der Waals surface area (Å²) in [7, 11) is 1.90. The molecule has 1 aromatic heterocycles. The molecule has 2 aliphatic heterocycles. The molecule has 0 aromatic carbocycles. The van der Waals surface area contributed by atoms with Gasteiger partial charge in [-0.1, -0.05) is 6.92 Å². The van der Waals surface area contributed by atoms with Gasteiger partial charge in [0.1, 0.15) is 5.82 Å². The Balaban J connectivity index is 1.72. The van der Waals surface area contributed by atoms with Gasteiger partial charge in [0, 0.05) is 18.7 Å². The van der Waals surface area contributed by atoms with E-state index in [-0.39, 0.29) is 11.9 Å². The second-order valence-corrected chi connectivity index (χ2v) is 6.76. The van der Waals surface area contributed by atoms with Crippen molar-refractivity contribution >= 4 is 11.7 Å². The van der Waals surface area contributed by atoms with Crippen LogP contribution >= 0.6 is 0 Å². The Kier molecular flexibility index (Phi) is 5.02. The van der Waals surface area contributed by atoms with Crippen LogP contribution in [-0.4, -0.2) is 52.3 Å². The molecule has 0 spiro atoms. The van der Waals surface area contributed by atoms with Crippen molar-refractivity contribution in [3.63, 3.8) is 0 Å². The van der Waals surface area contributed by atoms with E-state index < -0.39 is 0 Å². The Morgan fingerprint density at radius 3 is 2.78 bits per heavy atom. The number of carbonyl (C=O) groups is 1. The van der Waals surface area contributed by atoms with Crippen LogP contribution in [0.5, 0.6) is 0 Å². The average Bonchev–Trinajstić information content (AvgIpc) is 3.13. The van der Waals surface area contributed by atoms with Crippen molar-refractivity contribution in [2.24, 2.45) is 7.05 Å². The van der Waals surface area contributed by atoms with Crippen molar-refractivity contribution < 1.29 is 4.79 Å². The van der Waals surface area contributed by atoms with E-state index in [2.05, 4.69) is 27.6 Å². The molecule has 23 heavy (non-hydrogen) atoms. The number of nitrogens with zero attached hydrogens (tertiary/aromatic N) is 3. The summed E-state index contributed by atoms with van der Waals surface area (Å²) in [6, 6.07) is 0.562. The topological polar surface area (TPSA) is 62.2 Å². The zero-order valence-corrected chi connectivity index (χ0v) is 14.6. The van der Waals surface area contributed by atoms with Crippen molar-refractivity contribution in [1.29, 1.82) is 0 Å². The summed E-state index contributed by atoms with van der Waals surface area (Å²) in [5.41, 5.74) is 2.15. The van der Waals surface area contributed by atoms with E-state index in [9.17, 15) is 4.79 Å². The van der Waals surface area contributed by atoms with Crippen LogP contribution in [0.4, 0.5) is 5.82 Å². The molecule has 2 aliphatic rings. The molecule has 6 nitrogen and oxygen atoms in total. The highest BCUT2D eigenvalue weighted by atomic mass is 16.2. The standard InChI is InChI=1S/C17H29N5O/c1-4-14-12(2)20-21(3)16(14)19-17(23)15-6-5-11-22(15)13-7-9-18-10-8-13/h13,15,18H,4-11H2,1-3H3,(H,19,23)/t15-/m0/s1. The number of aromatic nitrogens is 2. The molecule has 128 valence electrons. The largest absolute Gasteiger partial charge is 0.317 e. The van der Waals surface area contributed by atoms with E-state index in [1.807, 2.05) is 14.0 Å². The SMILES string of the molecule is CCc1c(C)nn(C)c1NC(=O)[C@@H]1CCCN1C1CCNCC1. The third-order valence-corrected chi connectivity index (χ3v) is 5.32. The quantitative estimate of drug-likeness (QED) is 0.882. The van der Waals surface area contributed by atoms with Crippen molar-refractivity contribution in [2.45, 2.75) is 58.0 Å². The lowest BCUT2D eigenvalue weighted by molar-refractivity contribution is -0.121.